The van der Waals surface area contributed by atoms with Gasteiger partial charge in [0.2, 0.25) is 0 Å². The molecule has 0 saturated carbocycles. The van der Waals surface area contributed by atoms with E-state index in [0.717, 1.165) is 38.2 Å². The van der Waals surface area contributed by atoms with Gasteiger partial charge < -0.3 is 15.0 Å². The van der Waals surface area contributed by atoms with Crippen LogP contribution >= 0.6 is 0 Å². The van der Waals surface area contributed by atoms with Gasteiger partial charge in [0, 0.05) is 37.0 Å². The van der Waals surface area contributed by atoms with E-state index in [1.165, 1.54) is 0 Å². The van der Waals surface area contributed by atoms with Crippen molar-refractivity contribution in [3.05, 3.63) is 28.3 Å². The lowest BCUT2D eigenvalue weighted by molar-refractivity contribution is -0.385. The number of nitrogens with zero attached hydrogens (tertiary/aromatic N) is 2. The van der Waals surface area contributed by atoms with Gasteiger partial charge >= 0.3 is 5.69 Å². The Balaban J connectivity index is 2.31. The molecular formula is C15H23N3O3. The van der Waals surface area contributed by atoms with Crippen LogP contribution in [-0.2, 0) is 0 Å². The average molecular weight is 293 g/mol. The molecule has 116 valence electrons. The third-order valence-corrected chi connectivity index (χ3v) is 3.71. The molecule has 1 N–H and O–H groups in total. The summed E-state index contributed by atoms with van der Waals surface area (Å²) in [6.45, 7) is 7.32. The van der Waals surface area contributed by atoms with Crippen molar-refractivity contribution in [2.75, 3.05) is 31.1 Å². The van der Waals surface area contributed by atoms with E-state index in [1.807, 2.05) is 13.0 Å². The van der Waals surface area contributed by atoms with Crippen LogP contribution in [0.2, 0.25) is 0 Å². The smallest absolute Gasteiger partial charge is 0.311 e. The molecule has 0 bridgehead atoms. The van der Waals surface area contributed by atoms with Crippen LogP contribution in [0.3, 0.4) is 0 Å². The van der Waals surface area contributed by atoms with E-state index in [2.05, 4.69) is 17.1 Å². The molecule has 1 saturated heterocycles. The molecule has 1 unspecified atom stereocenters. The maximum atomic E-state index is 11.1. The highest BCUT2D eigenvalue weighted by Gasteiger charge is 2.24. The second-order valence-electron chi connectivity index (χ2n) is 5.18. The van der Waals surface area contributed by atoms with E-state index in [-0.39, 0.29) is 5.69 Å². The van der Waals surface area contributed by atoms with Crippen LogP contribution in [0, 0.1) is 10.1 Å². The fourth-order valence-electron chi connectivity index (χ4n) is 2.77. The van der Waals surface area contributed by atoms with E-state index in [0.29, 0.717) is 18.4 Å². The molecule has 0 aromatic heterocycles. The molecule has 1 fully saturated rings. The normalized spacial score (nSPS) is 17.7. The highest BCUT2D eigenvalue weighted by Crippen LogP contribution is 2.33. The quantitative estimate of drug-likeness (QED) is 0.618. The van der Waals surface area contributed by atoms with Gasteiger partial charge in [-0.3, -0.25) is 10.1 Å². The molecule has 6 heteroatoms. The third kappa shape index (κ3) is 3.64. The van der Waals surface area contributed by atoms with Gasteiger partial charge in [0.25, 0.3) is 0 Å². The van der Waals surface area contributed by atoms with Crippen LogP contribution < -0.4 is 15.0 Å². The molecule has 1 aromatic rings. The lowest BCUT2D eigenvalue weighted by Gasteiger charge is -2.30. The fraction of sp³-hybridized carbons (Fsp3) is 0.600. The zero-order valence-corrected chi connectivity index (χ0v) is 12.7. The van der Waals surface area contributed by atoms with E-state index >= 15 is 0 Å². The van der Waals surface area contributed by atoms with E-state index < -0.39 is 4.92 Å². The summed E-state index contributed by atoms with van der Waals surface area (Å²) in [7, 11) is 0. The Hall–Kier alpha value is -1.82. The molecule has 0 amide bonds. The first-order valence-corrected chi connectivity index (χ1v) is 7.56. The minimum Gasteiger partial charge on any atom is -0.487 e. The molecule has 1 aromatic carbocycles. The van der Waals surface area contributed by atoms with Gasteiger partial charge in [0.1, 0.15) is 0 Å². The zero-order valence-electron chi connectivity index (χ0n) is 12.7. The van der Waals surface area contributed by atoms with Crippen LogP contribution in [0.25, 0.3) is 0 Å². The third-order valence-electron chi connectivity index (χ3n) is 3.71. The first-order valence-electron chi connectivity index (χ1n) is 7.56. The second-order valence-corrected chi connectivity index (χ2v) is 5.18. The Kier molecular flexibility index (Phi) is 5.38. The van der Waals surface area contributed by atoms with Gasteiger partial charge in [-0.1, -0.05) is 6.92 Å². The van der Waals surface area contributed by atoms with Gasteiger partial charge in [-0.15, -0.1) is 0 Å². The number of anilines is 1. The minimum atomic E-state index is -0.393. The fourth-order valence-corrected chi connectivity index (χ4v) is 2.77. The highest BCUT2D eigenvalue weighted by molar-refractivity contribution is 5.60. The summed E-state index contributed by atoms with van der Waals surface area (Å²) < 4.78 is 5.45. The molecule has 1 atom stereocenters. The predicted octanol–water partition coefficient (Wildman–Crippen LogP) is 2.57. The van der Waals surface area contributed by atoms with Crippen LogP contribution in [-0.4, -0.2) is 37.2 Å². The first kappa shape index (κ1) is 15.6. The Morgan fingerprint density at radius 2 is 2.29 bits per heavy atom. The largest absolute Gasteiger partial charge is 0.487 e. The van der Waals surface area contributed by atoms with Crippen molar-refractivity contribution in [3.8, 4) is 5.75 Å². The van der Waals surface area contributed by atoms with Crippen molar-refractivity contribution in [3.63, 3.8) is 0 Å². The Morgan fingerprint density at radius 1 is 1.48 bits per heavy atom. The second kappa shape index (κ2) is 7.26. The van der Waals surface area contributed by atoms with E-state index in [4.69, 9.17) is 4.74 Å². The van der Waals surface area contributed by atoms with Crippen molar-refractivity contribution >= 4 is 11.4 Å². The van der Waals surface area contributed by atoms with Crippen molar-refractivity contribution < 1.29 is 9.66 Å². The number of nitrogens with one attached hydrogen (secondary N) is 1. The number of rotatable bonds is 7. The molecule has 6 nitrogen and oxygen atoms in total. The standard InChI is InChI=1S/C15H23N3O3/c1-3-9-17(13-7-8-16-11-13)12-5-6-14(18(19)20)15(10-12)21-4-2/h5-6,10,13,16H,3-4,7-9,11H2,1-2H3. The minimum absolute atomic E-state index is 0.0293. The molecule has 1 heterocycles. The Bertz CT molecular complexity index is 487. The van der Waals surface area contributed by atoms with Gasteiger partial charge in [-0.25, -0.2) is 0 Å². The first-order chi connectivity index (χ1) is 10.2. The SMILES string of the molecule is CCCN(c1ccc([N+](=O)[O-])c(OCC)c1)C1CCNC1. The number of hydrogen-bond acceptors (Lipinski definition) is 5. The molecule has 0 radical (unpaired) electrons. The number of nitro groups is 1. The number of ether oxygens (including phenoxy) is 1. The van der Waals surface area contributed by atoms with Gasteiger partial charge in [-0.05, 0) is 32.4 Å². The predicted molar refractivity (Wildman–Crippen MR) is 83.2 cm³/mol. The lowest BCUT2D eigenvalue weighted by atomic mass is 10.1. The van der Waals surface area contributed by atoms with Crippen molar-refractivity contribution in [1.29, 1.82) is 0 Å². The topological polar surface area (TPSA) is 67.6 Å². The van der Waals surface area contributed by atoms with Gasteiger partial charge in [0.15, 0.2) is 5.75 Å². The highest BCUT2D eigenvalue weighted by atomic mass is 16.6. The Labute approximate surface area is 125 Å². The molecule has 0 aliphatic carbocycles. The number of nitro benzene ring substituents is 1. The lowest BCUT2D eigenvalue weighted by Crippen LogP contribution is -2.37. The summed E-state index contributed by atoms with van der Waals surface area (Å²) in [6, 6.07) is 5.62. The number of hydrogen-bond donors (Lipinski definition) is 1. The van der Waals surface area contributed by atoms with Crippen molar-refractivity contribution in [1.82, 2.24) is 5.32 Å². The summed E-state index contributed by atoms with van der Waals surface area (Å²) in [5, 5.41) is 14.4. The van der Waals surface area contributed by atoms with E-state index in [1.54, 1.807) is 12.1 Å². The molecule has 21 heavy (non-hydrogen) atoms. The summed E-state index contributed by atoms with van der Waals surface area (Å²) in [5.41, 5.74) is 1.03. The monoisotopic (exact) mass is 293 g/mol. The van der Waals surface area contributed by atoms with Crippen LogP contribution in [0.4, 0.5) is 11.4 Å². The van der Waals surface area contributed by atoms with Crippen LogP contribution in [0.15, 0.2) is 18.2 Å². The van der Waals surface area contributed by atoms with Crippen LogP contribution in [0.5, 0.6) is 5.75 Å². The summed E-state index contributed by atoms with van der Waals surface area (Å²) >= 11 is 0. The molecular weight excluding hydrogens is 270 g/mol. The summed E-state index contributed by atoms with van der Waals surface area (Å²) in [6.07, 6.45) is 2.14. The maximum Gasteiger partial charge on any atom is 0.311 e. The molecule has 1 aliphatic rings. The van der Waals surface area contributed by atoms with Gasteiger partial charge in [0.05, 0.1) is 11.5 Å². The average Bonchev–Trinajstić information content (AvgIpc) is 2.98. The molecule has 0 spiro atoms. The van der Waals surface area contributed by atoms with Crippen LogP contribution in [0.1, 0.15) is 26.7 Å². The van der Waals surface area contributed by atoms with Gasteiger partial charge in [-0.2, -0.15) is 0 Å². The maximum absolute atomic E-state index is 11.1. The number of benzene rings is 1. The van der Waals surface area contributed by atoms with Crippen molar-refractivity contribution in [2.24, 2.45) is 0 Å². The molecule has 1 aliphatic heterocycles. The van der Waals surface area contributed by atoms with E-state index in [9.17, 15) is 10.1 Å². The summed E-state index contributed by atoms with van der Waals surface area (Å²) in [4.78, 5) is 13.0. The van der Waals surface area contributed by atoms with Crippen molar-refractivity contribution in [2.45, 2.75) is 32.7 Å². The zero-order chi connectivity index (χ0) is 15.2. The summed E-state index contributed by atoms with van der Waals surface area (Å²) in [5.74, 6) is 0.354. The Morgan fingerprint density at radius 3 is 2.86 bits per heavy atom. The molecule has 2 rings (SSSR count).